The van der Waals surface area contributed by atoms with Crippen LogP contribution in [0.4, 0.5) is 4.79 Å². The smallest absolute Gasteiger partial charge is 0.409 e. The molecule has 1 fully saturated rings. The Morgan fingerprint density at radius 1 is 1.15 bits per heavy atom. The number of carbonyl (C=O) groups excluding carboxylic acids is 2. The van der Waals surface area contributed by atoms with Crippen molar-refractivity contribution >= 4 is 12.0 Å². The zero-order valence-corrected chi connectivity index (χ0v) is 15.0. The molecular weight excluding hydrogens is 328 g/mol. The van der Waals surface area contributed by atoms with E-state index in [-0.39, 0.29) is 17.9 Å². The minimum absolute atomic E-state index is 0.00847. The average Bonchev–Trinajstić information content (AvgIpc) is 3.06. The first-order valence-electron chi connectivity index (χ1n) is 8.94. The number of rotatable bonds is 7. The predicted octanol–water partition coefficient (Wildman–Crippen LogP) is 3.09. The predicted molar refractivity (Wildman–Crippen MR) is 100 cm³/mol. The van der Waals surface area contributed by atoms with E-state index in [1.807, 2.05) is 30.3 Å². The van der Waals surface area contributed by atoms with E-state index in [1.165, 1.54) is 5.56 Å². The molecule has 1 atom stereocenters. The summed E-state index contributed by atoms with van der Waals surface area (Å²) in [6.07, 6.45) is 0.0700. The highest BCUT2D eigenvalue weighted by molar-refractivity contribution is 5.77. The quantitative estimate of drug-likeness (QED) is 0.833. The Balaban J connectivity index is 1.65. The summed E-state index contributed by atoms with van der Waals surface area (Å²) in [6, 6.07) is 18.3. The molecule has 1 unspecified atom stereocenters. The summed E-state index contributed by atoms with van der Waals surface area (Å²) in [6.45, 7) is 4.00. The molecule has 0 bridgehead atoms. The molecule has 1 heterocycles. The number of carbonyl (C=O) groups is 2. The van der Waals surface area contributed by atoms with Gasteiger partial charge in [-0.05, 0) is 23.6 Å². The fourth-order valence-electron chi connectivity index (χ4n) is 3.29. The second kappa shape index (κ2) is 8.52. The Hall–Kier alpha value is -2.82. The molecule has 0 aliphatic carbocycles. The Morgan fingerprint density at radius 3 is 2.58 bits per heavy atom. The maximum absolute atomic E-state index is 12.5. The maximum atomic E-state index is 12.5. The second-order valence-electron chi connectivity index (χ2n) is 6.48. The third kappa shape index (κ3) is 4.42. The SMILES string of the molecule is Cc1ccccc1C(CC(=O)NCCN1CCOC1=O)c1ccccc1. The molecule has 0 saturated carbocycles. The van der Waals surface area contributed by atoms with Gasteiger partial charge in [-0.15, -0.1) is 0 Å². The number of hydrogen-bond donors (Lipinski definition) is 1. The number of nitrogens with zero attached hydrogens (tertiary/aromatic N) is 1. The van der Waals surface area contributed by atoms with Crippen LogP contribution in [-0.2, 0) is 9.53 Å². The van der Waals surface area contributed by atoms with E-state index in [4.69, 9.17) is 4.74 Å². The van der Waals surface area contributed by atoms with Crippen molar-refractivity contribution in [1.82, 2.24) is 10.2 Å². The van der Waals surface area contributed by atoms with Crippen molar-refractivity contribution in [3.63, 3.8) is 0 Å². The largest absolute Gasteiger partial charge is 0.448 e. The summed E-state index contributed by atoms with van der Waals surface area (Å²) >= 11 is 0. The number of nitrogens with one attached hydrogen (secondary N) is 1. The van der Waals surface area contributed by atoms with Gasteiger partial charge in [0, 0.05) is 25.4 Å². The molecule has 2 amide bonds. The highest BCUT2D eigenvalue weighted by atomic mass is 16.6. The Labute approximate surface area is 154 Å². The molecule has 0 aromatic heterocycles. The van der Waals surface area contributed by atoms with Crippen molar-refractivity contribution in [3.8, 4) is 0 Å². The first-order valence-corrected chi connectivity index (χ1v) is 8.94. The highest BCUT2D eigenvalue weighted by Gasteiger charge is 2.22. The summed E-state index contributed by atoms with van der Waals surface area (Å²) in [7, 11) is 0. The van der Waals surface area contributed by atoms with Crippen LogP contribution in [0.25, 0.3) is 0 Å². The van der Waals surface area contributed by atoms with Gasteiger partial charge in [-0.3, -0.25) is 4.79 Å². The van der Waals surface area contributed by atoms with Gasteiger partial charge in [-0.2, -0.15) is 0 Å². The van der Waals surface area contributed by atoms with Crippen molar-refractivity contribution in [2.45, 2.75) is 19.3 Å². The van der Waals surface area contributed by atoms with E-state index in [1.54, 1.807) is 4.90 Å². The third-order valence-electron chi connectivity index (χ3n) is 4.70. The minimum Gasteiger partial charge on any atom is -0.448 e. The lowest BCUT2D eigenvalue weighted by atomic mass is 9.86. The molecule has 5 heteroatoms. The van der Waals surface area contributed by atoms with Crippen molar-refractivity contribution in [1.29, 1.82) is 0 Å². The van der Waals surface area contributed by atoms with Crippen LogP contribution in [0.15, 0.2) is 54.6 Å². The molecule has 0 radical (unpaired) electrons. The summed E-state index contributed by atoms with van der Waals surface area (Å²) in [4.78, 5) is 25.6. The molecule has 3 rings (SSSR count). The van der Waals surface area contributed by atoms with Crippen LogP contribution in [0.3, 0.4) is 0 Å². The normalized spacial score (nSPS) is 14.8. The van der Waals surface area contributed by atoms with E-state index in [2.05, 4.69) is 36.5 Å². The molecule has 1 N–H and O–H groups in total. The zero-order valence-electron chi connectivity index (χ0n) is 15.0. The number of ether oxygens (including phenoxy) is 1. The number of amides is 2. The molecular formula is C21H24N2O3. The number of benzene rings is 2. The Kier molecular flexibility index (Phi) is 5.89. The highest BCUT2D eigenvalue weighted by Crippen LogP contribution is 2.30. The first kappa shape index (κ1) is 18.0. The van der Waals surface area contributed by atoms with Gasteiger partial charge in [0.25, 0.3) is 0 Å². The monoisotopic (exact) mass is 352 g/mol. The zero-order chi connectivity index (χ0) is 18.4. The van der Waals surface area contributed by atoms with Gasteiger partial charge in [0.1, 0.15) is 6.61 Å². The van der Waals surface area contributed by atoms with E-state index < -0.39 is 0 Å². The second-order valence-corrected chi connectivity index (χ2v) is 6.48. The van der Waals surface area contributed by atoms with Crippen molar-refractivity contribution in [2.75, 3.05) is 26.2 Å². The summed E-state index contributed by atoms with van der Waals surface area (Å²) in [5, 5.41) is 2.93. The molecule has 2 aromatic carbocycles. The summed E-state index contributed by atoms with van der Waals surface area (Å²) in [5.41, 5.74) is 3.46. The standard InChI is InChI=1S/C21H24N2O3/c1-16-7-5-6-10-18(16)19(17-8-3-2-4-9-17)15-20(24)22-11-12-23-13-14-26-21(23)25/h2-10,19H,11-15H2,1H3,(H,22,24). The van der Waals surface area contributed by atoms with Crippen LogP contribution < -0.4 is 5.32 Å². The van der Waals surface area contributed by atoms with Gasteiger partial charge >= 0.3 is 6.09 Å². The summed E-state index contributed by atoms with van der Waals surface area (Å²) in [5.74, 6) is -0.0103. The van der Waals surface area contributed by atoms with Crippen molar-refractivity contribution < 1.29 is 14.3 Å². The van der Waals surface area contributed by atoms with E-state index in [0.717, 1.165) is 11.1 Å². The molecule has 136 valence electrons. The van der Waals surface area contributed by atoms with Crippen LogP contribution in [0.2, 0.25) is 0 Å². The van der Waals surface area contributed by atoms with Gasteiger partial charge < -0.3 is 15.0 Å². The molecule has 1 aliphatic rings. The van der Waals surface area contributed by atoms with E-state index in [9.17, 15) is 9.59 Å². The Morgan fingerprint density at radius 2 is 1.88 bits per heavy atom. The molecule has 1 aliphatic heterocycles. The fraction of sp³-hybridized carbons (Fsp3) is 0.333. The lowest BCUT2D eigenvalue weighted by Crippen LogP contribution is -2.35. The molecule has 5 nitrogen and oxygen atoms in total. The maximum Gasteiger partial charge on any atom is 0.409 e. The Bertz CT molecular complexity index is 761. The lowest BCUT2D eigenvalue weighted by molar-refractivity contribution is -0.121. The van der Waals surface area contributed by atoms with Crippen LogP contribution in [0.5, 0.6) is 0 Å². The number of hydrogen-bond acceptors (Lipinski definition) is 3. The third-order valence-corrected chi connectivity index (χ3v) is 4.70. The molecule has 1 saturated heterocycles. The van der Waals surface area contributed by atoms with Crippen molar-refractivity contribution in [2.24, 2.45) is 0 Å². The van der Waals surface area contributed by atoms with Crippen LogP contribution >= 0.6 is 0 Å². The van der Waals surface area contributed by atoms with E-state index in [0.29, 0.717) is 32.7 Å². The summed E-state index contributed by atoms with van der Waals surface area (Å²) < 4.78 is 4.89. The number of aryl methyl sites for hydroxylation is 1. The van der Waals surface area contributed by atoms with Crippen LogP contribution in [-0.4, -0.2) is 43.1 Å². The van der Waals surface area contributed by atoms with Gasteiger partial charge in [-0.25, -0.2) is 4.79 Å². The first-order chi connectivity index (χ1) is 12.6. The average molecular weight is 352 g/mol. The molecule has 0 spiro atoms. The van der Waals surface area contributed by atoms with Crippen molar-refractivity contribution in [3.05, 3.63) is 71.3 Å². The van der Waals surface area contributed by atoms with Gasteiger partial charge in [0.15, 0.2) is 0 Å². The lowest BCUT2D eigenvalue weighted by Gasteiger charge is -2.20. The van der Waals surface area contributed by atoms with E-state index >= 15 is 0 Å². The van der Waals surface area contributed by atoms with Gasteiger partial charge in [0.05, 0.1) is 6.54 Å². The van der Waals surface area contributed by atoms with Crippen LogP contribution in [0, 0.1) is 6.92 Å². The molecule has 26 heavy (non-hydrogen) atoms. The topological polar surface area (TPSA) is 58.6 Å². The minimum atomic E-state index is -0.304. The van der Waals surface area contributed by atoms with Gasteiger partial charge in [-0.1, -0.05) is 54.6 Å². The van der Waals surface area contributed by atoms with Gasteiger partial charge in [0.2, 0.25) is 5.91 Å². The fourth-order valence-corrected chi connectivity index (χ4v) is 3.29. The van der Waals surface area contributed by atoms with Crippen LogP contribution in [0.1, 0.15) is 29.0 Å². The number of cyclic esters (lactones) is 1. The molecule has 2 aromatic rings.